The standard InChI is InChI=1S/C29H34N4O4/c1-33-15-7-13-25(33)20-36-26-14-6-11-23(17-26)27(28(34)31-24-12-5-10-22(16-24)18-30)32-29(35)37-19-21-8-3-2-4-9-21/h2-6,8-12,14,16-17,25,27H,7,13,15,18-20,30H2,1H3,(H,31,34)(H,32,35)/t25-,27+/m0/s1. The lowest BCUT2D eigenvalue weighted by Gasteiger charge is -2.21. The summed E-state index contributed by atoms with van der Waals surface area (Å²) in [6, 6.07) is 23.3. The number of hydrogen-bond donors (Lipinski definition) is 3. The summed E-state index contributed by atoms with van der Waals surface area (Å²) < 4.78 is 11.4. The van der Waals surface area contributed by atoms with Crippen LogP contribution in [0.2, 0.25) is 0 Å². The SMILES string of the molecule is CN1CCC[C@H]1COc1cccc([C@@H](NC(=O)OCc2ccccc2)C(=O)Nc2cccc(CN)c2)c1. The average Bonchev–Trinajstić information content (AvgIpc) is 3.34. The summed E-state index contributed by atoms with van der Waals surface area (Å²) in [4.78, 5) is 28.4. The lowest BCUT2D eigenvalue weighted by molar-refractivity contribution is -0.118. The average molecular weight is 503 g/mol. The van der Waals surface area contributed by atoms with Gasteiger partial charge in [-0.15, -0.1) is 0 Å². The van der Waals surface area contributed by atoms with E-state index in [1.54, 1.807) is 24.3 Å². The van der Waals surface area contributed by atoms with Gasteiger partial charge in [0.05, 0.1) is 0 Å². The Labute approximate surface area is 217 Å². The second kappa shape index (κ2) is 12.9. The number of carbonyl (C=O) groups is 2. The highest BCUT2D eigenvalue weighted by molar-refractivity contribution is 5.97. The molecular weight excluding hydrogens is 468 g/mol. The number of carbonyl (C=O) groups excluding carboxylic acids is 2. The zero-order valence-electron chi connectivity index (χ0n) is 21.1. The first-order valence-electron chi connectivity index (χ1n) is 12.5. The van der Waals surface area contributed by atoms with E-state index in [4.69, 9.17) is 15.2 Å². The molecule has 2 amide bonds. The topological polar surface area (TPSA) is 106 Å². The number of anilines is 1. The Balaban J connectivity index is 1.49. The number of nitrogens with one attached hydrogen (secondary N) is 2. The third kappa shape index (κ3) is 7.55. The van der Waals surface area contributed by atoms with Crippen LogP contribution in [0.5, 0.6) is 5.75 Å². The maximum Gasteiger partial charge on any atom is 0.408 e. The number of nitrogens with two attached hydrogens (primary N) is 1. The monoisotopic (exact) mass is 502 g/mol. The van der Waals surface area contributed by atoms with Crippen LogP contribution in [0.4, 0.5) is 10.5 Å². The molecule has 4 N–H and O–H groups in total. The number of benzene rings is 3. The van der Waals surface area contributed by atoms with E-state index in [9.17, 15) is 9.59 Å². The summed E-state index contributed by atoms with van der Waals surface area (Å²) in [7, 11) is 2.10. The zero-order valence-corrected chi connectivity index (χ0v) is 21.1. The minimum absolute atomic E-state index is 0.0949. The number of alkyl carbamates (subject to hydrolysis) is 1. The van der Waals surface area contributed by atoms with E-state index in [0.717, 1.165) is 30.5 Å². The van der Waals surface area contributed by atoms with Crippen LogP contribution < -0.4 is 21.1 Å². The van der Waals surface area contributed by atoms with Crippen molar-refractivity contribution in [2.75, 3.05) is 25.5 Å². The van der Waals surface area contributed by atoms with Gasteiger partial charge in [0.2, 0.25) is 0 Å². The number of likely N-dealkylation sites (tertiary alicyclic amines) is 1. The summed E-state index contributed by atoms with van der Waals surface area (Å²) in [6.45, 7) is 2.08. The molecule has 3 aromatic rings. The smallest absolute Gasteiger partial charge is 0.408 e. The number of amides is 2. The molecule has 2 atom stereocenters. The molecule has 1 aliphatic heterocycles. The lowest BCUT2D eigenvalue weighted by Crippen LogP contribution is -2.37. The molecule has 194 valence electrons. The molecule has 0 bridgehead atoms. The number of ether oxygens (including phenoxy) is 2. The Morgan fingerprint density at radius 3 is 2.57 bits per heavy atom. The van der Waals surface area contributed by atoms with Crippen molar-refractivity contribution in [1.82, 2.24) is 10.2 Å². The molecule has 0 saturated carbocycles. The lowest BCUT2D eigenvalue weighted by atomic mass is 10.1. The van der Waals surface area contributed by atoms with Crippen molar-refractivity contribution >= 4 is 17.7 Å². The molecule has 4 rings (SSSR count). The van der Waals surface area contributed by atoms with Crippen molar-refractivity contribution in [2.24, 2.45) is 5.73 Å². The highest BCUT2D eigenvalue weighted by Gasteiger charge is 2.25. The molecule has 0 spiro atoms. The fraction of sp³-hybridized carbons (Fsp3) is 0.310. The fourth-order valence-electron chi connectivity index (χ4n) is 4.34. The number of rotatable bonds is 10. The second-order valence-electron chi connectivity index (χ2n) is 9.19. The van der Waals surface area contributed by atoms with Crippen molar-refractivity contribution in [3.8, 4) is 5.75 Å². The van der Waals surface area contributed by atoms with E-state index in [1.807, 2.05) is 54.6 Å². The van der Waals surface area contributed by atoms with Crippen molar-refractivity contribution in [3.63, 3.8) is 0 Å². The first kappa shape index (κ1) is 26.2. The zero-order chi connectivity index (χ0) is 26.0. The Kier molecular flexibility index (Phi) is 9.13. The quantitative estimate of drug-likeness (QED) is 0.383. The van der Waals surface area contributed by atoms with Gasteiger partial charge in [0.15, 0.2) is 0 Å². The van der Waals surface area contributed by atoms with Crippen LogP contribution in [-0.4, -0.2) is 43.1 Å². The summed E-state index contributed by atoms with van der Waals surface area (Å²) in [5.41, 5.74) is 8.66. The van der Waals surface area contributed by atoms with E-state index >= 15 is 0 Å². The first-order valence-corrected chi connectivity index (χ1v) is 12.5. The summed E-state index contributed by atoms with van der Waals surface area (Å²) in [5.74, 6) is 0.235. The van der Waals surface area contributed by atoms with Crippen LogP contribution in [0, 0.1) is 0 Å². The van der Waals surface area contributed by atoms with Gasteiger partial charge in [-0.3, -0.25) is 4.79 Å². The van der Waals surface area contributed by atoms with Gasteiger partial charge in [0, 0.05) is 18.3 Å². The Bertz CT molecular complexity index is 1190. The molecule has 8 heteroatoms. The van der Waals surface area contributed by atoms with Crippen LogP contribution in [-0.2, 0) is 22.7 Å². The minimum atomic E-state index is -0.998. The predicted octanol–water partition coefficient (Wildman–Crippen LogP) is 4.22. The highest BCUT2D eigenvalue weighted by Crippen LogP contribution is 2.23. The molecule has 8 nitrogen and oxygen atoms in total. The predicted molar refractivity (Wildman–Crippen MR) is 143 cm³/mol. The minimum Gasteiger partial charge on any atom is -0.492 e. The Hall–Kier alpha value is -3.88. The summed E-state index contributed by atoms with van der Waals surface area (Å²) in [5, 5.41) is 5.61. The van der Waals surface area contributed by atoms with E-state index in [-0.39, 0.29) is 6.61 Å². The van der Waals surface area contributed by atoms with E-state index in [2.05, 4.69) is 22.6 Å². The maximum absolute atomic E-state index is 13.4. The molecule has 0 radical (unpaired) electrons. The molecule has 1 fully saturated rings. The van der Waals surface area contributed by atoms with Crippen molar-refractivity contribution in [3.05, 3.63) is 95.6 Å². The van der Waals surface area contributed by atoms with Crippen molar-refractivity contribution < 1.29 is 19.1 Å². The highest BCUT2D eigenvalue weighted by atomic mass is 16.5. The van der Waals surface area contributed by atoms with Gasteiger partial charge in [-0.1, -0.05) is 54.6 Å². The molecule has 1 aliphatic rings. The molecule has 37 heavy (non-hydrogen) atoms. The van der Waals surface area contributed by atoms with E-state index in [0.29, 0.717) is 36.2 Å². The van der Waals surface area contributed by atoms with Crippen LogP contribution >= 0.6 is 0 Å². The number of likely N-dealkylation sites (N-methyl/N-ethyl adjacent to an activating group) is 1. The second-order valence-corrected chi connectivity index (χ2v) is 9.19. The van der Waals surface area contributed by atoms with Crippen LogP contribution in [0.3, 0.4) is 0 Å². The van der Waals surface area contributed by atoms with Gasteiger partial charge in [-0.05, 0) is 67.4 Å². The number of nitrogens with zero attached hydrogens (tertiary/aromatic N) is 1. The summed E-state index contributed by atoms with van der Waals surface area (Å²) >= 11 is 0. The molecular formula is C29H34N4O4. The number of hydrogen-bond acceptors (Lipinski definition) is 6. The first-order chi connectivity index (χ1) is 18.0. The largest absolute Gasteiger partial charge is 0.492 e. The molecule has 0 aromatic heterocycles. The van der Waals surface area contributed by atoms with Crippen molar-refractivity contribution in [1.29, 1.82) is 0 Å². The Morgan fingerprint density at radius 1 is 1.03 bits per heavy atom. The Morgan fingerprint density at radius 2 is 1.81 bits per heavy atom. The van der Waals surface area contributed by atoms with Gasteiger partial charge in [0.1, 0.15) is 25.0 Å². The van der Waals surface area contributed by atoms with Gasteiger partial charge >= 0.3 is 6.09 Å². The third-order valence-corrected chi connectivity index (χ3v) is 6.47. The van der Waals surface area contributed by atoms with Gasteiger partial charge < -0.3 is 30.7 Å². The normalized spacial score (nSPS) is 16.1. The van der Waals surface area contributed by atoms with Gasteiger partial charge in [-0.25, -0.2) is 4.79 Å². The van der Waals surface area contributed by atoms with Crippen LogP contribution in [0.25, 0.3) is 0 Å². The van der Waals surface area contributed by atoms with E-state index < -0.39 is 18.0 Å². The van der Waals surface area contributed by atoms with Crippen LogP contribution in [0.1, 0.15) is 35.6 Å². The van der Waals surface area contributed by atoms with Crippen LogP contribution in [0.15, 0.2) is 78.9 Å². The molecule has 1 heterocycles. The molecule has 3 aromatic carbocycles. The maximum atomic E-state index is 13.4. The van der Waals surface area contributed by atoms with E-state index in [1.165, 1.54) is 0 Å². The summed E-state index contributed by atoms with van der Waals surface area (Å²) in [6.07, 6.45) is 1.56. The molecule has 1 saturated heterocycles. The molecule has 0 unspecified atom stereocenters. The fourth-order valence-corrected chi connectivity index (χ4v) is 4.34. The molecule has 0 aliphatic carbocycles. The van der Waals surface area contributed by atoms with Gasteiger partial charge in [0.25, 0.3) is 5.91 Å². The van der Waals surface area contributed by atoms with Crippen molar-refractivity contribution in [2.45, 2.75) is 38.1 Å². The third-order valence-electron chi connectivity index (χ3n) is 6.47. The van der Waals surface area contributed by atoms with Gasteiger partial charge in [-0.2, -0.15) is 0 Å².